The topological polar surface area (TPSA) is 24.5 Å². The van der Waals surface area contributed by atoms with Gasteiger partial charge in [-0.15, -0.1) is 0 Å². The van der Waals surface area contributed by atoms with E-state index in [1.54, 1.807) is 7.11 Å². The van der Waals surface area contributed by atoms with Crippen molar-refractivity contribution in [3.63, 3.8) is 0 Å². The lowest BCUT2D eigenvalue weighted by atomic mass is 9.87. The first-order valence-corrected chi connectivity index (χ1v) is 9.34. The first-order chi connectivity index (χ1) is 11.2. The number of aryl methyl sites for hydroxylation is 1. The van der Waals surface area contributed by atoms with Gasteiger partial charge in [-0.05, 0) is 68.9 Å². The van der Waals surface area contributed by atoms with Crippen LogP contribution in [-0.4, -0.2) is 43.7 Å². The molecule has 0 saturated carbocycles. The summed E-state index contributed by atoms with van der Waals surface area (Å²) in [6.07, 6.45) is 5.95. The van der Waals surface area contributed by atoms with Crippen molar-refractivity contribution in [2.24, 2.45) is 0 Å². The predicted octanol–water partition coefficient (Wildman–Crippen LogP) is 3.65. The standard InChI is InChI=1S/C20H34N2O/c1-5-17(13-14-22(6-2)7-3)21-18-12-11-16-9-8-10-20(23-4)19(16)15-18/h8-10,17-18,21H,5-7,11-15H2,1-4H3. The molecule has 2 rings (SSSR count). The van der Waals surface area contributed by atoms with Gasteiger partial charge >= 0.3 is 0 Å². The normalized spacial score (nSPS) is 18.7. The highest BCUT2D eigenvalue weighted by molar-refractivity contribution is 5.42. The van der Waals surface area contributed by atoms with Crippen molar-refractivity contribution in [1.82, 2.24) is 10.2 Å². The zero-order valence-corrected chi connectivity index (χ0v) is 15.4. The maximum Gasteiger partial charge on any atom is 0.122 e. The molecule has 0 amide bonds. The molecular formula is C20H34N2O. The Balaban J connectivity index is 1.92. The average molecular weight is 319 g/mol. The van der Waals surface area contributed by atoms with Gasteiger partial charge in [0.2, 0.25) is 0 Å². The van der Waals surface area contributed by atoms with Crippen LogP contribution in [0.3, 0.4) is 0 Å². The zero-order valence-electron chi connectivity index (χ0n) is 15.4. The molecule has 0 bridgehead atoms. The van der Waals surface area contributed by atoms with E-state index in [-0.39, 0.29) is 0 Å². The maximum atomic E-state index is 5.57. The van der Waals surface area contributed by atoms with Gasteiger partial charge in [0.1, 0.15) is 5.75 Å². The van der Waals surface area contributed by atoms with E-state index in [1.807, 2.05) is 0 Å². The summed E-state index contributed by atoms with van der Waals surface area (Å²) in [6, 6.07) is 7.67. The fourth-order valence-electron chi connectivity index (χ4n) is 3.71. The number of ether oxygens (including phenoxy) is 1. The van der Waals surface area contributed by atoms with Crippen molar-refractivity contribution in [1.29, 1.82) is 0 Å². The minimum absolute atomic E-state index is 0.584. The zero-order chi connectivity index (χ0) is 16.7. The van der Waals surface area contributed by atoms with Crippen LogP contribution in [-0.2, 0) is 12.8 Å². The van der Waals surface area contributed by atoms with Gasteiger partial charge < -0.3 is 15.0 Å². The highest BCUT2D eigenvalue weighted by atomic mass is 16.5. The molecule has 130 valence electrons. The Labute approximate surface area is 142 Å². The van der Waals surface area contributed by atoms with E-state index in [1.165, 1.54) is 36.9 Å². The van der Waals surface area contributed by atoms with E-state index in [2.05, 4.69) is 49.2 Å². The van der Waals surface area contributed by atoms with Gasteiger partial charge in [-0.25, -0.2) is 0 Å². The summed E-state index contributed by atoms with van der Waals surface area (Å²) in [7, 11) is 1.78. The predicted molar refractivity (Wildman–Crippen MR) is 98.4 cm³/mol. The lowest BCUT2D eigenvalue weighted by molar-refractivity contribution is 0.268. The first kappa shape index (κ1) is 18.3. The number of rotatable bonds is 9. The number of nitrogens with zero attached hydrogens (tertiary/aromatic N) is 1. The third kappa shape index (κ3) is 4.95. The van der Waals surface area contributed by atoms with Crippen LogP contribution >= 0.6 is 0 Å². The van der Waals surface area contributed by atoms with Crippen LogP contribution < -0.4 is 10.1 Å². The number of hydrogen-bond donors (Lipinski definition) is 1. The van der Waals surface area contributed by atoms with E-state index in [9.17, 15) is 0 Å². The monoisotopic (exact) mass is 318 g/mol. The van der Waals surface area contributed by atoms with Crippen LogP contribution in [0, 0.1) is 0 Å². The highest BCUT2D eigenvalue weighted by Crippen LogP contribution is 2.29. The van der Waals surface area contributed by atoms with E-state index < -0.39 is 0 Å². The number of benzene rings is 1. The van der Waals surface area contributed by atoms with Crippen molar-refractivity contribution in [2.45, 2.75) is 65.0 Å². The Kier molecular flexibility index (Phi) is 7.38. The fourth-order valence-corrected chi connectivity index (χ4v) is 3.71. The van der Waals surface area contributed by atoms with Crippen LogP contribution in [0.1, 0.15) is 51.2 Å². The maximum absolute atomic E-state index is 5.57. The molecular weight excluding hydrogens is 284 g/mol. The molecule has 1 aromatic carbocycles. The van der Waals surface area contributed by atoms with Crippen molar-refractivity contribution in [3.05, 3.63) is 29.3 Å². The molecule has 2 atom stereocenters. The van der Waals surface area contributed by atoms with Gasteiger partial charge in [0, 0.05) is 12.1 Å². The lowest BCUT2D eigenvalue weighted by Crippen LogP contribution is -2.43. The van der Waals surface area contributed by atoms with Crippen LogP contribution in [0.2, 0.25) is 0 Å². The van der Waals surface area contributed by atoms with Crippen molar-refractivity contribution < 1.29 is 4.74 Å². The molecule has 0 radical (unpaired) electrons. The molecule has 0 aliphatic heterocycles. The SMILES string of the molecule is CCC(CCN(CC)CC)NC1CCc2cccc(OC)c2C1. The second-order valence-electron chi connectivity index (χ2n) is 6.63. The van der Waals surface area contributed by atoms with Crippen LogP contribution in [0.25, 0.3) is 0 Å². The van der Waals surface area contributed by atoms with Gasteiger partial charge in [-0.3, -0.25) is 0 Å². The third-order valence-corrected chi connectivity index (χ3v) is 5.32. The van der Waals surface area contributed by atoms with Crippen molar-refractivity contribution in [2.75, 3.05) is 26.7 Å². The Hall–Kier alpha value is -1.06. The molecule has 0 saturated heterocycles. The van der Waals surface area contributed by atoms with Gasteiger partial charge in [0.05, 0.1) is 7.11 Å². The molecule has 1 aliphatic rings. The first-order valence-electron chi connectivity index (χ1n) is 9.34. The fraction of sp³-hybridized carbons (Fsp3) is 0.700. The van der Waals surface area contributed by atoms with E-state index in [0.717, 1.165) is 31.7 Å². The van der Waals surface area contributed by atoms with E-state index >= 15 is 0 Å². The van der Waals surface area contributed by atoms with Crippen LogP contribution in [0.4, 0.5) is 0 Å². The van der Waals surface area contributed by atoms with Crippen molar-refractivity contribution >= 4 is 0 Å². The van der Waals surface area contributed by atoms with Crippen LogP contribution in [0.15, 0.2) is 18.2 Å². The minimum Gasteiger partial charge on any atom is -0.496 e. The summed E-state index contributed by atoms with van der Waals surface area (Å²) < 4.78 is 5.57. The molecule has 0 spiro atoms. The Bertz CT molecular complexity index is 456. The van der Waals surface area contributed by atoms with Gasteiger partial charge in [-0.1, -0.05) is 32.9 Å². The van der Waals surface area contributed by atoms with E-state index in [0.29, 0.717) is 12.1 Å². The molecule has 2 unspecified atom stereocenters. The Morgan fingerprint density at radius 3 is 2.70 bits per heavy atom. The Morgan fingerprint density at radius 2 is 2.04 bits per heavy atom. The number of hydrogen-bond acceptors (Lipinski definition) is 3. The minimum atomic E-state index is 0.584. The molecule has 1 aliphatic carbocycles. The quantitative estimate of drug-likeness (QED) is 0.752. The summed E-state index contributed by atoms with van der Waals surface area (Å²) in [4.78, 5) is 2.52. The largest absolute Gasteiger partial charge is 0.496 e. The third-order valence-electron chi connectivity index (χ3n) is 5.32. The second kappa shape index (κ2) is 9.29. The molecule has 0 fully saturated rings. The number of methoxy groups -OCH3 is 1. The molecule has 23 heavy (non-hydrogen) atoms. The van der Waals surface area contributed by atoms with Crippen LogP contribution in [0.5, 0.6) is 5.75 Å². The summed E-state index contributed by atoms with van der Waals surface area (Å²) in [5, 5.41) is 3.92. The lowest BCUT2D eigenvalue weighted by Gasteiger charge is -2.31. The summed E-state index contributed by atoms with van der Waals surface area (Å²) >= 11 is 0. The highest BCUT2D eigenvalue weighted by Gasteiger charge is 2.23. The molecule has 3 nitrogen and oxygen atoms in total. The summed E-state index contributed by atoms with van der Waals surface area (Å²) in [5.41, 5.74) is 2.89. The van der Waals surface area contributed by atoms with E-state index in [4.69, 9.17) is 4.74 Å². The summed E-state index contributed by atoms with van der Waals surface area (Å²) in [6.45, 7) is 10.3. The molecule has 1 N–H and O–H groups in total. The smallest absolute Gasteiger partial charge is 0.122 e. The molecule has 3 heteroatoms. The van der Waals surface area contributed by atoms with Gasteiger partial charge in [0.25, 0.3) is 0 Å². The number of nitrogens with one attached hydrogen (secondary N) is 1. The number of fused-ring (bicyclic) bond motifs is 1. The summed E-state index contributed by atoms with van der Waals surface area (Å²) in [5.74, 6) is 1.06. The molecule has 1 aromatic rings. The molecule has 0 aromatic heterocycles. The van der Waals surface area contributed by atoms with Gasteiger partial charge in [-0.2, -0.15) is 0 Å². The van der Waals surface area contributed by atoms with Gasteiger partial charge in [0.15, 0.2) is 0 Å². The van der Waals surface area contributed by atoms with Crippen molar-refractivity contribution in [3.8, 4) is 5.75 Å². The second-order valence-corrected chi connectivity index (χ2v) is 6.63. The average Bonchev–Trinajstić information content (AvgIpc) is 2.60. The Morgan fingerprint density at radius 1 is 1.26 bits per heavy atom. The molecule has 0 heterocycles.